The quantitative estimate of drug-likeness (QED) is 0.870. The molecule has 1 aromatic carbocycles. The topological polar surface area (TPSA) is 63.2 Å². The summed E-state index contributed by atoms with van der Waals surface area (Å²) in [6.07, 6.45) is 0. The standard InChI is InChI=1S/C10H10ClN3O2S2/c1-2-14(10-13-12-7-17-10)18(15,16)9-5-3-8(11)4-6-9/h3-7H,2H2,1H3. The number of rotatable bonds is 4. The molecule has 1 aromatic heterocycles. The molecule has 5 nitrogen and oxygen atoms in total. The zero-order valence-corrected chi connectivity index (χ0v) is 11.8. The van der Waals surface area contributed by atoms with Gasteiger partial charge < -0.3 is 0 Å². The number of hydrogen-bond acceptors (Lipinski definition) is 5. The molecule has 0 unspecified atom stereocenters. The molecule has 0 saturated heterocycles. The predicted molar refractivity (Wildman–Crippen MR) is 71.6 cm³/mol. The highest BCUT2D eigenvalue weighted by atomic mass is 35.5. The lowest BCUT2D eigenvalue weighted by Gasteiger charge is -2.19. The largest absolute Gasteiger partial charge is 0.266 e. The van der Waals surface area contributed by atoms with Crippen molar-refractivity contribution in [3.8, 4) is 0 Å². The normalized spacial score (nSPS) is 11.4. The number of sulfonamides is 1. The molecule has 96 valence electrons. The number of benzene rings is 1. The fourth-order valence-corrected chi connectivity index (χ4v) is 3.81. The van der Waals surface area contributed by atoms with Crippen molar-refractivity contribution in [1.29, 1.82) is 0 Å². The molecular weight excluding hydrogens is 294 g/mol. The van der Waals surface area contributed by atoms with Crippen LogP contribution in [0.3, 0.4) is 0 Å². The van der Waals surface area contributed by atoms with Crippen molar-refractivity contribution in [3.63, 3.8) is 0 Å². The summed E-state index contributed by atoms with van der Waals surface area (Å²) in [6.45, 7) is 2.04. The Morgan fingerprint density at radius 2 is 2.00 bits per heavy atom. The Balaban J connectivity index is 2.44. The third-order valence-electron chi connectivity index (χ3n) is 2.25. The van der Waals surface area contributed by atoms with E-state index in [2.05, 4.69) is 10.2 Å². The first-order chi connectivity index (χ1) is 8.55. The fourth-order valence-electron chi connectivity index (χ4n) is 1.42. The van der Waals surface area contributed by atoms with Crippen molar-refractivity contribution < 1.29 is 8.42 Å². The smallest absolute Gasteiger partial charge is 0.240 e. The lowest BCUT2D eigenvalue weighted by molar-refractivity contribution is 0.591. The molecule has 0 bridgehead atoms. The summed E-state index contributed by atoms with van der Waals surface area (Å²) in [7, 11) is -3.61. The van der Waals surface area contributed by atoms with Crippen molar-refractivity contribution in [2.45, 2.75) is 11.8 Å². The van der Waals surface area contributed by atoms with E-state index in [0.717, 1.165) is 0 Å². The Labute approximate surface area is 114 Å². The molecule has 1 heterocycles. The Morgan fingerprint density at radius 3 is 2.50 bits per heavy atom. The van der Waals surface area contributed by atoms with E-state index >= 15 is 0 Å². The first kappa shape index (κ1) is 13.3. The van der Waals surface area contributed by atoms with E-state index in [0.29, 0.717) is 16.7 Å². The molecule has 0 fully saturated rings. The van der Waals surface area contributed by atoms with Crippen LogP contribution in [0.2, 0.25) is 5.02 Å². The van der Waals surface area contributed by atoms with Gasteiger partial charge in [0.05, 0.1) is 4.90 Å². The molecule has 0 aliphatic carbocycles. The highest BCUT2D eigenvalue weighted by Gasteiger charge is 2.25. The second kappa shape index (κ2) is 5.21. The van der Waals surface area contributed by atoms with Gasteiger partial charge in [0.2, 0.25) is 5.13 Å². The average molecular weight is 304 g/mol. The van der Waals surface area contributed by atoms with Gasteiger partial charge in [-0.15, -0.1) is 10.2 Å². The van der Waals surface area contributed by atoms with Crippen molar-refractivity contribution in [2.24, 2.45) is 0 Å². The van der Waals surface area contributed by atoms with Gasteiger partial charge >= 0.3 is 0 Å². The first-order valence-electron chi connectivity index (χ1n) is 5.10. The number of halogens is 1. The maximum absolute atomic E-state index is 12.4. The Bertz CT molecular complexity index is 611. The fraction of sp³-hybridized carbons (Fsp3) is 0.200. The second-order valence-corrected chi connectivity index (χ2v) is 6.46. The van der Waals surface area contributed by atoms with Gasteiger partial charge in [-0.1, -0.05) is 22.9 Å². The lowest BCUT2D eigenvalue weighted by atomic mass is 10.4. The number of aromatic nitrogens is 2. The number of anilines is 1. The molecule has 2 rings (SSSR count). The van der Waals surface area contributed by atoms with Crippen LogP contribution in [0.5, 0.6) is 0 Å². The third kappa shape index (κ3) is 2.47. The molecule has 0 spiro atoms. The van der Waals surface area contributed by atoms with Crippen LogP contribution in [0.4, 0.5) is 5.13 Å². The van der Waals surface area contributed by atoms with Gasteiger partial charge in [0.25, 0.3) is 10.0 Å². The van der Waals surface area contributed by atoms with Crippen LogP contribution in [-0.2, 0) is 10.0 Å². The molecule has 0 radical (unpaired) electrons. The molecule has 0 atom stereocenters. The predicted octanol–water partition coefficient (Wildman–Crippen LogP) is 2.41. The molecule has 0 N–H and O–H groups in total. The van der Waals surface area contributed by atoms with Crippen LogP contribution in [0.25, 0.3) is 0 Å². The first-order valence-corrected chi connectivity index (χ1v) is 7.80. The average Bonchev–Trinajstić information content (AvgIpc) is 2.84. The van der Waals surface area contributed by atoms with Gasteiger partial charge in [-0.3, -0.25) is 0 Å². The number of hydrogen-bond donors (Lipinski definition) is 0. The maximum atomic E-state index is 12.4. The summed E-state index contributed by atoms with van der Waals surface area (Å²) in [5.41, 5.74) is 1.50. The van der Waals surface area contributed by atoms with E-state index in [9.17, 15) is 8.42 Å². The lowest BCUT2D eigenvalue weighted by Crippen LogP contribution is -2.30. The minimum Gasteiger partial charge on any atom is -0.240 e. The minimum absolute atomic E-state index is 0.184. The van der Waals surface area contributed by atoms with Crippen molar-refractivity contribution in [2.75, 3.05) is 10.8 Å². The summed E-state index contributed by atoms with van der Waals surface area (Å²) < 4.78 is 26.0. The van der Waals surface area contributed by atoms with Crippen LogP contribution in [0.1, 0.15) is 6.92 Å². The van der Waals surface area contributed by atoms with Gasteiger partial charge in [0.1, 0.15) is 5.51 Å². The van der Waals surface area contributed by atoms with Crippen molar-refractivity contribution in [3.05, 3.63) is 34.8 Å². The molecular formula is C10H10ClN3O2S2. The van der Waals surface area contributed by atoms with E-state index in [-0.39, 0.29) is 4.90 Å². The summed E-state index contributed by atoms with van der Waals surface area (Å²) in [4.78, 5) is 0.184. The van der Waals surface area contributed by atoms with Crippen molar-refractivity contribution in [1.82, 2.24) is 10.2 Å². The van der Waals surface area contributed by atoms with Crippen LogP contribution in [0.15, 0.2) is 34.7 Å². The second-order valence-electron chi connectivity index (χ2n) is 3.35. The SMILES string of the molecule is CCN(c1nncs1)S(=O)(=O)c1ccc(Cl)cc1. The Hall–Kier alpha value is -1.18. The zero-order valence-electron chi connectivity index (χ0n) is 9.45. The van der Waals surface area contributed by atoms with Gasteiger partial charge in [-0.25, -0.2) is 12.7 Å². The number of nitrogens with zero attached hydrogens (tertiary/aromatic N) is 3. The van der Waals surface area contributed by atoms with Crippen LogP contribution < -0.4 is 4.31 Å². The Kier molecular flexibility index (Phi) is 3.84. The van der Waals surface area contributed by atoms with E-state index in [1.54, 1.807) is 19.1 Å². The van der Waals surface area contributed by atoms with Crippen LogP contribution in [0, 0.1) is 0 Å². The van der Waals surface area contributed by atoms with Gasteiger partial charge in [-0.05, 0) is 31.2 Å². The summed E-state index contributed by atoms with van der Waals surface area (Å²) in [5, 5.41) is 8.29. The molecule has 2 aromatic rings. The molecule has 18 heavy (non-hydrogen) atoms. The van der Waals surface area contributed by atoms with E-state index in [1.807, 2.05) is 0 Å². The molecule has 0 saturated carbocycles. The maximum Gasteiger partial charge on any atom is 0.266 e. The van der Waals surface area contributed by atoms with E-state index in [4.69, 9.17) is 11.6 Å². The van der Waals surface area contributed by atoms with Gasteiger partial charge in [0.15, 0.2) is 0 Å². The zero-order chi connectivity index (χ0) is 13.2. The van der Waals surface area contributed by atoms with Crippen molar-refractivity contribution >= 4 is 38.1 Å². The molecule has 0 amide bonds. The monoisotopic (exact) mass is 303 g/mol. The molecule has 0 aliphatic heterocycles. The van der Waals surface area contributed by atoms with E-state index < -0.39 is 10.0 Å². The summed E-state index contributed by atoms with van der Waals surface area (Å²) in [6, 6.07) is 6.04. The third-order valence-corrected chi connectivity index (χ3v) is 5.21. The highest BCUT2D eigenvalue weighted by Crippen LogP contribution is 2.25. The minimum atomic E-state index is -3.61. The molecule has 0 aliphatic rings. The van der Waals surface area contributed by atoms with Crippen LogP contribution in [-0.4, -0.2) is 25.2 Å². The van der Waals surface area contributed by atoms with Gasteiger partial charge in [-0.2, -0.15) is 0 Å². The van der Waals surface area contributed by atoms with Gasteiger partial charge in [0, 0.05) is 11.6 Å². The van der Waals surface area contributed by atoms with E-state index in [1.165, 1.54) is 33.3 Å². The molecule has 8 heteroatoms. The Morgan fingerprint density at radius 1 is 1.33 bits per heavy atom. The van der Waals surface area contributed by atoms with Crippen LogP contribution >= 0.6 is 22.9 Å². The highest BCUT2D eigenvalue weighted by molar-refractivity contribution is 7.93. The summed E-state index contributed by atoms with van der Waals surface area (Å²) in [5.74, 6) is 0. The summed E-state index contributed by atoms with van der Waals surface area (Å²) >= 11 is 6.92.